The number of thioether (sulfide) groups is 2. The number of nitrogens with one attached hydrogen (secondary N) is 3. The summed E-state index contributed by atoms with van der Waals surface area (Å²) in [6.45, 7) is 13.8. The predicted molar refractivity (Wildman–Crippen MR) is 243 cm³/mol. The second-order valence-electron chi connectivity index (χ2n) is 16.6. The van der Waals surface area contributed by atoms with Crippen LogP contribution in [-0.4, -0.2) is 153 Å². The van der Waals surface area contributed by atoms with Crippen LogP contribution >= 0.6 is 23.5 Å². The zero-order valence-corrected chi connectivity index (χ0v) is 40.5. The van der Waals surface area contributed by atoms with Crippen LogP contribution in [0.5, 0.6) is 11.5 Å². The fraction of sp³-hybridized carbons (Fsp3) is 0.767. The van der Waals surface area contributed by atoms with Crippen LogP contribution in [0.2, 0.25) is 0 Å². The van der Waals surface area contributed by atoms with Gasteiger partial charge in [-0.25, -0.2) is 0 Å². The third-order valence-corrected chi connectivity index (χ3v) is 14.2. The second-order valence-corrected chi connectivity index (χ2v) is 19.0. The summed E-state index contributed by atoms with van der Waals surface area (Å²) >= 11 is 2.07. The van der Waals surface area contributed by atoms with Crippen LogP contribution in [-0.2, 0) is 39.1 Å². The number of hydrogen-bond acceptors (Lipinski definition) is 18. The fourth-order valence-corrected chi connectivity index (χ4v) is 9.14. The van der Waals surface area contributed by atoms with Crippen LogP contribution in [0, 0.1) is 15.5 Å². The van der Waals surface area contributed by atoms with E-state index in [1.54, 1.807) is 6.92 Å². The summed E-state index contributed by atoms with van der Waals surface area (Å²) in [6.07, 6.45) is -10.6. The van der Waals surface area contributed by atoms with Crippen LogP contribution in [0.1, 0.15) is 99.5 Å². The summed E-state index contributed by atoms with van der Waals surface area (Å²) in [5, 5.41) is 64.7. The van der Waals surface area contributed by atoms with Crippen molar-refractivity contribution < 1.29 is 72.9 Å². The molecule has 7 N–H and O–H groups in total. The van der Waals surface area contributed by atoms with Gasteiger partial charge in [0.2, 0.25) is 16.3 Å². The molecule has 0 aromatic heterocycles. The van der Waals surface area contributed by atoms with E-state index in [1.165, 1.54) is 26.2 Å². The number of amides is 3. The Bertz CT molecular complexity index is 1740. The molecule has 22 heteroatoms. The van der Waals surface area contributed by atoms with Crippen molar-refractivity contribution in [3.63, 3.8) is 0 Å². The smallest absolute Gasteiger partial charge is 0.277 e. The summed E-state index contributed by atoms with van der Waals surface area (Å²) in [5.41, 5.74) is -1.34. The molecular weight excluding hydrogens is 893 g/mol. The molecule has 3 rings (SSSR count). The van der Waals surface area contributed by atoms with Gasteiger partial charge in [0.1, 0.15) is 36.6 Å². The Balaban J connectivity index is 1.70. The summed E-state index contributed by atoms with van der Waals surface area (Å²) < 4.78 is 35.8. The Hall–Kier alpha value is -3.32. The van der Waals surface area contributed by atoms with E-state index in [0.29, 0.717) is 37.0 Å². The molecule has 10 atom stereocenters. The first-order chi connectivity index (χ1) is 30.8. The van der Waals surface area contributed by atoms with Gasteiger partial charge in [0, 0.05) is 37.8 Å². The average Bonchev–Trinajstić information content (AvgIpc) is 3.28. The van der Waals surface area contributed by atoms with Gasteiger partial charge in [-0.2, -0.15) is 0 Å². The number of aliphatic hydroxyl groups is 4. The van der Waals surface area contributed by atoms with Crippen LogP contribution in [0.3, 0.4) is 0 Å². The van der Waals surface area contributed by atoms with E-state index in [2.05, 4.69) is 16.0 Å². The van der Waals surface area contributed by atoms with Gasteiger partial charge in [0.25, 0.3) is 11.6 Å². The van der Waals surface area contributed by atoms with Crippen molar-refractivity contribution in [2.75, 3.05) is 39.2 Å². The van der Waals surface area contributed by atoms with Gasteiger partial charge in [-0.05, 0) is 56.3 Å². The molecule has 3 amide bonds. The van der Waals surface area contributed by atoms with Crippen LogP contribution in [0.25, 0.3) is 0 Å². The minimum absolute atomic E-state index is 0.00680. The van der Waals surface area contributed by atoms with Gasteiger partial charge >= 0.3 is 0 Å². The van der Waals surface area contributed by atoms with Crippen molar-refractivity contribution >= 4 is 51.4 Å². The van der Waals surface area contributed by atoms with Gasteiger partial charge in [0.05, 0.1) is 49.1 Å². The Morgan fingerprint density at radius 3 is 2.12 bits per heavy atom. The average molecular weight is 963 g/mol. The highest BCUT2D eigenvalue weighted by Gasteiger charge is 2.56. The highest BCUT2D eigenvalue weighted by Crippen LogP contribution is 2.41. The van der Waals surface area contributed by atoms with E-state index in [9.17, 15) is 49.7 Å². The lowest BCUT2D eigenvalue weighted by Crippen LogP contribution is -2.70. The van der Waals surface area contributed by atoms with Crippen molar-refractivity contribution in [2.24, 2.45) is 5.41 Å². The molecular formula is C43H70N4O16S2. The minimum Gasteiger partial charge on any atom is -0.493 e. The lowest BCUT2D eigenvalue weighted by molar-refractivity contribution is -0.385. The minimum atomic E-state index is -1.80. The van der Waals surface area contributed by atoms with Crippen LogP contribution < -0.4 is 25.4 Å². The predicted octanol–water partition coefficient (Wildman–Crippen LogP) is 3.35. The number of nitro benzene ring substituents is 1. The Morgan fingerprint density at radius 2 is 1.55 bits per heavy atom. The van der Waals surface area contributed by atoms with Gasteiger partial charge in [-0.15, -0.1) is 0 Å². The largest absolute Gasteiger partial charge is 0.493 e. The quantitative estimate of drug-likeness (QED) is 0.0420. The molecule has 0 aliphatic carbocycles. The number of hydrogen-bond donors (Lipinski definition) is 7. The van der Waals surface area contributed by atoms with E-state index >= 15 is 0 Å². The molecule has 20 nitrogen and oxygen atoms in total. The van der Waals surface area contributed by atoms with Gasteiger partial charge in [0.15, 0.2) is 23.9 Å². The molecule has 2 fully saturated rings. The number of carbonyl (C=O) groups excluding carboxylic acids is 4. The first kappa shape index (κ1) is 56.0. The lowest BCUT2D eigenvalue weighted by atomic mass is 9.72. The molecule has 65 heavy (non-hydrogen) atoms. The molecule has 0 saturated carbocycles. The molecule has 0 bridgehead atoms. The Morgan fingerprint density at radius 1 is 0.892 bits per heavy atom. The molecule has 0 radical (unpaired) electrons. The SMILES string of the molecule is CCSC(=O)SCc1cc(OC)c(OCCCC(=O)NCCNC(=O)C2OC(OC3C(O)C(CO)OC(C(C)(CC)CC)C3NC(C)=O)C(O)C(O)C2OC(C)(CC)CC)cc1[N+](=O)[O-]. The van der Waals surface area contributed by atoms with Crippen molar-refractivity contribution in [3.05, 3.63) is 27.8 Å². The van der Waals surface area contributed by atoms with Crippen molar-refractivity contribution in [2.45, 2.75) is 166 Å². The van der Waals surface area contributed by atoms with E-state index in [4.69, 9.17) is 28.4 Å². The zero-order valence-electron chi connectivity index (χ0n) is 38.9. The van der Waals surface area contributed by atoms with E-state index < -0.39 is 95.5 Å². The standard InChI is InChI=1S/C43H70N4O16S2/c1-10-42(7,11-2)38-31(46-24(6)49)35(32(51)29(22-48)60-38)61-40-34(53)33(52)36(63-43(8,12-3)13-4)37(62-40)39(54)45-18-17-44-30(50)16-15-19-59-28-21-26(47(56)57)25(20-27(28)58-9)23-65-41(55)64-14-5/h20-21,29,31-38,40,48,51-53H,10-19,22-23H2,1-9H3,(H,44,50)(H,45,54)(H,46,49). The maximum Gasteiger partial charge on any atom is 0.277 e. The third-order valence-electron chi connectivity index (χ3n) is 12.3. The monoisotopic (exact) mass is 962 g/mol. The summed E-state index contributed by atoms with van der Waals surface area (Å²) in [5.74, 6) is -0.598. The highest BCUT2D eigenvalue weighted by molar-refractivity contribution is 8.38. The number of rotatable bonds is 25. The second kappa shape index (κ2) is 26.3. The maximum absolute atomic E-state index is 13.9. The topological polar surface area (TPSA) is 284 Å². The molecule has 370 valence electrons. The van der Waals surface area contributed by atoms with E-state index in [1.807, 2.05) is 41.5 Å². The fourth-order valence-electron chi connectivity index (χ4n) is 7.54. The number of aliphatic hydroxyl groups excluding tert-OH is 4. The van der Waals surface area contributed by atoms with Crippen LogP contribution in [0.4, 0.5) is 10.5 Å². The molecule has 1 aromatic rings. The van der Waals surface area contributed by atoms with Gasteiger partial charge in [-0.3, -0.25) is 29.3 Å². The van der Waals surface area contributed by atoms with Crippen molar-refractivity contribution in [3.8, 4) is 11.5 Å². The molecule has 0 spiro atoms. The summed E-state index contributed by atoms with van der Waals surface area (Å²) in [7, 11) is 1.38. The Kier molecular flexibility index (Phi) is 22.6. The molecule has 10 unspecified atom stereocenters. The van der Waals surface area contributed by atoms with E-state index in [0.717, 1.165) is 23.5 Å². The Labute approximate surface area is 389 Å². The van der Waals surface area contributed by atoms with Crippen molar-refractivity contribution in [1.29, 1.82) is 0 Å². The normalized spacial score (nSPS) is 25.9. The molecule has 2 aliphatic rings. The number of ether oxygens (including phenoxy) is 6. The number of benzene rings is 1. The van der Waals surface area contributed by atoms with Gasteiger partial charge in [-0.1, -0.05) is 65.1 Å². The maximum atomic E-state index is 13.9. The number of methoxy groups -OCH3 is 1. The number of nitro groups is 1. The highest BCUT2D eigenvalue weighted by atomic mass is 32.2. The first-order valence-corrected chi connectivity index (χ1v) is 24.1. The lowest BCUT2D eigenvalue weighted by Gasteiger charge is -2.52. The molecule has 2 saturated heterocycles. The molecule has 2 aliphatic heterocycles. The van der Waals surface area contributed by atoms with Gasteiger partial charge < -0.3 is 64.8 Å². The van der Waals surface area contributed by atoms with E-state index in [-0.39, 0.29) is 65.8 Å². The molecule has 2 heterocycles. The summed E-state index contributed by atoms with van der Waals surface area (Å²) in [4.78, 5) is 62.4. The molecule has 1 aromatic carbocycles. The van der Waals surface area contributed by atoms with Crippen LogP contribution in [0.15, 0.2) is 12.1 Å². The first-order valence-electron chi connectivity index (χ1n) is 22.2. The third kappa shape index (κ3) is 15.1. The number of carbonyl (C=O) groups is 4. The number of nitrogens with zero attached hydrogens (tertiary/aromatic N) is 1. The van der Waals surface area contributed by atoms with Crippen molar-refractivity contribution in [1.82, 2.24) is 16.0 Å². The summed E-state index contributed by atoms with van der Waals surface area (Å²) in [6, 6.07) is 1.68. The zero-order chi connectivity index (χ0) is 48.6.